The highest BCUT2D eigenvalue weighted by atomic mass is 16.5. The van der Waals surface area contributed by atoms with Crippen molar-refractivity contribution in [1.82, 2.24) is 0 Å². The van der Waals surface area contributed by atoms with Crippen molar-refractivity contribution < 1.29 is 9.53 Å². The normalized spacial score (nSPS) is 12.0. The van der Waals surface area contributed by atoms with Gasteiger partial charge in [0.1, 0.15) is 12.4 Å². The number of carbonyl (C=O) groups is 1. The molecule has 1 radical (unpaired) electrons. The minimum atomic E-state index is -0.627. The number of rotatable bonds is 4. The average Bonchev–Trinajstić information content (AvgIpc) is 1.89. The zero-order valence-corrected chi connectivity index (χ0v) is 5.04. The van der Waals surface area contributed by atoms with Crippen molar-refractivity contribution in [3.63, 3.8) is 0 Å². The minimum absolute atomic E-state index is 0.281. The van der Waals surface area contributed by atoms with Crippen LogP contribution in [0.4, 0.5) is 0 Å². The van der Waals surface area contributed by atoms with Gasteiger partial charge in [-0.2, -0.15) is 5.26 Å². The first kappa shape index (κ1) is 8.12. The third-order valence-corrected chi connectivity index (χ3v) is 0.698. The zero-order valence-electron chi connectivity index (χ0n) is 5.04. The van der Waals surface area contributed by atoms with Crippen molar-refractivity contribution in [2.75, 3.05) is 6.61 Å². The summed E-state index contributed by atoms with van der Waals surface area (Å²) in [6.45, 7) is 3.61. The molecule has 1 unspecified atom stereocenters. The smallest absolute Gasteiger partial charge is 0.148 e. The van der Waals surface area contributed by atoms with Crippen LogP contribution in [0.1, 0.15) is 6.42 Å². The van der Waals surface area contributed by atoms with E-state index in [0.29, 0.717) is 12.7 Å². The maximum absolute atomic E-state index is 9.83. The van der Waals surface area contributed by atoms with Crippen LogP contribution < -0.4 is 0 Å². The molecule has 0 rings (SSSR count). The maximum Gasteiger partial charge on any atom is 0.148 e. The van der Waals surface area contributed by atoms with Gasteiger partial charge in [-0.25, -0.2) is 0 Å². The summed E-state index contributed by atoms with van der Waals surface area (Å²) in [7, 11) is 0. The Morgan fingerprint density at radius 1 is 1.89 bits per heavy atom. The summed E-state index contributed by atoms with van der Waals surface area (Å²) in [6, 6.07) is 1.88. The predicted molar refractivity (Wildman–Crippen MR) is 31.4 cm³/mol. The number of hydrogen-bond acceptors (Lipinski definition) is 3. The maximum atomic E-state index is 9.83. The lowest BCUT2D eigenvalue weighted by molar-refractivity contribution is -0.115. The fraction of sp³-hybridized carbons (Fsp3) is 0.500. The Labute approximate surface area is 54.2 Å². The summed E-state index contributed by atoms with van der Waals surface area (Å²) >= 11 is 0. The molecular formula is C6H8NO2. The van der Waals surface area contributed by atoms with E-state index in [4.69, 9.17) is 10.00 Å². The molecule has 0 saturated carbocycles. The first-order valence-electron chi connectivity index (χ1n) is 2.58. The highest BCUT2D eigenvalue weighted by Crippen LogP contribution is 1.85. The van der Waals surface area contributed by atoms with Crippen LogP contribution in [0.3, 0.4) is 0 Å². The molecule has 3 heteroatoms. The summed E-state index contributed by atoms with van der Waals surface area (Å²) in [5.74, 6) is 0. The number of nitrogens with zero attached hydrogens (tertiary/aromatic N) is 1. The molecule has 3 nitrogen and oxygen atoms in total. The van der Waals surface area contributed by atoms with Crippen LogP contribution in [0.15, 0.2) is 0 Å². The molecule has 9 heavy (non-hydrogen) atoms. The van der Waals surface area contributed by atoms with Gasteiger partial charge in [-0.15, -0.1) is 0 Å². The van der Waals surface area contributed by atoms with Gasteiger partial charge in [0.25, 0.3) is 0 Å². The van der Waals surface area contributed by atoms with E-state index >= 15 is 0 Å². The molecule has 0 amide bonds. The van der Waals surface area contributed by atoms with Gasteiger partial charge in [0.05, 0.1) is 19.1 Å². The van der Waals surface area contributed by atoms with Gasteiger partial charge in [0, 0.05) is 0 Å². The molecule has 49 valence electrons. The molecule has 0 aliphatic heterocycles. The molecule has 0 fully saturated rings. The second-order valence-corrected chi connectivity index (χ2v) is 1.45. The predicted octanol–water partition coefficient (Wildman–Crippen LogP) is 0.318. The molecule has 0 heterocycles. The Kier molecular flexibility index (Phi) is 4.75. The lowest BCUT2D eigenvalue weighted by atomic mass is 10.4. The highest BCUT2D eigenvalue weighted by molar-refractivity contribution is 5.56. The average molecular weight is 126 g/mol. The second-order valence-electron chi connectivity index (χ2n) is 1.45. The SMILES string of the molecule is [CH2]C(C=O)OCCC#N. The first-order chi connectivity index (χ1) is 4.31. The van der Waals surface area contributed by atoms with Gasteiger partial charge in [-0.05, 0) is 6.92 Å². The number of carbonyl (C=O) groups excluding carboxylic acids is 1. The van der Waals surface area contributed by atoms with E-state index in [1.807, 2.05) is 6.07 Å². The Morgan fingerprint density at radius 3 is 3.00 bits per heavy atom. The molecule has 1 atom stereocenters. The fourth-order valence-corrected chi connectivity index (χ4v) is 0.295. The molecule has 0 aromatic carbocycles. The van der Waals surface area contributed by atoms with Crippen molar-refractivity contribution in [3.05, 3.63) is 6.92 Å². The Bertz CT molecular complexity index is 117. The van der Waals surface area contributed by atoms with E-state index in [-0.39, 0.29) is 6.61 Å². The van der Waals surface area contributed by atoms with Gasteiger partial charge in [-0.1, -0.05) is 0 Å². The van der Waals surface area contributed by atoms with E-state index in [1.165, 1.54) is 0 Å². The molecule has 0 N–H and O–H groups in total. The monoisotopic (exact) mass is 126 g/mol. The molecule has 0 aliphatic carbocycles. The van der Waals surface area contributed by atoms with E-state index in [2.05, 4.69) is 6.92 Å². The van der Waals surface area contributed by atoms with Gasteiger partial charge in [-0.3, -0.25) is 0 Å². The van der Waals surface area contributed by atoms with E-state index in [9.17, 15) is 4.79 Å². The summed E-state index contributed by atoms with van der Waals surface area (Å²) < 4.78 is 4.73. The van der Waals surface area contributed by atoms with Crippen molar-refractivity contribution in [2.45, 2.75) is 12.5 Å². The lowest BCUT2D eigenvalue weighted by Crippen LogP contribution is -2.09. The fourth-order valence-electron chi connectivity index (χ4n) is 0.295. The quantitative estimate of drug-likeness (QED) is 0.402. The van der Waals surface area contributed by atoms with Crippen LogP contribution in [0.2, 0.25) is 0 Å². The van der Waals surface area contributed by atoms with Gasteiger partial charge in [0.15, 0.2) is 0 Å². The molecule has 0 aliphatic rings. The van der Waals surface area contributed by atoms with Crippen molar-refractivity contribution in [2.24, 2.45) is 0 Å². The molecule has 0 bridgehead atoms. The number of hydrogen-bond donors (Lipinski definition) is 0. The van der Waals surface area contributed by atoms with E-state index < -0.39 is 6.10 Å². The van der Waals surface area contributed by atoms with Crippen LogP contribution in [0.5, 0.6) is 0 Å². The van der Waals surface area contributed by atoms with E-state index in [1.54, 1.807) is 0 Å². The van der Waals surface area contributed by atoms with Gasteiger partial charge < -0.3 is 9.53 Å². The van der Waals surface area contributed by atoms with Crippen molar-refractivity contribution in [3.8, 4) is 6.07 Å². The third-order valence-electron chi connectivity index (χ3n) is 0.698. The van der Waals surface area contributed by atoms with Gasteiger partial charge >= 0.3 is 0 Å². The number of aldehydes is 1. The van der Waals surface area contributed by atoms with Crippen LogP contribution >= 0.6 is 0 Å². The number of nitriles is 1. The topological polar surface area (TPSA) is 50.1 Å². The van der Waals surface area contributed by atoms with Gasteiger partial charge in [0.2, 0.25) is 0 Å². The Balaban J connectivity index is 3.08. The molecule has 0 saturated heterocycles. The standard InChI is InChI=1S/C6H8NO2/c1-6(5-8)9-4-2-3-7/h5-6H,1-2,4H2. The lowest BCUT2D eigenvalue weighted by Gasteiger charge is -2.00. The second kappa shape index (κ2) is 5.26. The van der Waals surface area contributed by atoms with Crippen molar-refractivity contribution >= 4 is 6.29 Å². The van der Waals surface area contributed by atoms with Crippen LogP contribution in [-0.4, -0.2) is 19.0 Å². The summed E-state index contributed by atoms with van der Waals surface area (Å²) in [6.07, 6.45) is 0.274. The molecular weight excluding hydrogens is 118 g/mol. The Hall–Kier alpha value is -0.880. The Morgan fingerprint density at radius 2 is 2.56 bits per heavy atom. The highest BCUT2D eigenvalue weighted by Gasteiger charge is 1.95. The minimum Gasteiger partial charge on any atom is -0.370 e. The zero-order chi connectivity index (χ0) is 7.11. The molecule has 0 aromatic heterocycles. The largest absolute Gasteiger partial charge is 0.370 e. The van der Waals surface area contributed by atoms with Crippen LogP contribution in [-0.2, 0) is 9.53 Å². The third kappa shape index (κ3) is 4.98. The summed E-state index contributed by atoms with van der Waals surface area (Å²) in [5, 5.41) is 8.01. The molecule has 0 aromatic rings. The van der Waals surface area contributed by atoms with E-state index in [0.717, 1.165) is 0 Å². The first-order valence-corrected chi connectivity index (χ1v) is 2.58. The van der Waals surface area contributed by atoms with Crippen LogP contribution in [0, 0.1) is 18.3 Å². The molecule has 0 spiro atoms. The van der Waals surface area contributed by atoms with Crippen molar-refractivity contribution in [1.29, 1.82) is 5.26 Å². The van der Waals surface area contributed by atoms with Crippen LogP contribution in [0.25, 0.3) is 0 Å². The summed E-state index contributed by atoms with van der Waals surface area (Å²) in [4.78, 5) is 9.83. The summed E-state index contributed by atoms with van der Waals surface area (Å²) in [5.41, 5.74) is 0. The number of ether oxygens (including phenoxy) is 1.